The summed E-state index contributed by atoms with van der Waals surface area (Å²) in [5, 5.41) is 18.9. The molecule has 5 rings (SSSR count). The van der Waals surface area contributed by atoms with Crippen LogP contribution < -0.4 is 11.1 Å². The number of hydrogen-bond acceptors (Lipinski definition) is 8. The molecule has 1 saturated heterocycles. The van der Waals surface area contributed by atoms with Crippen molar-refractivity contribution >= 4 is 11.9 Å². The Morgan fingerprint density at radius 1 is 0.814 bits per heavy atom. The van der Waals surface area contributed by atoms with Gasteiger partial charge >= 0.3 is 35.4 Å². The van der Waals surface area contributed by atoms with Crippen molar-refractivity contribution in [1.82, 2.24) is 29.2 Å². The SMILES string of the molecule is O=C(O)C(F)(F)F.O=C(O)C(F)(F)F.O=c1c(=O)n2c(nn1Cc1ccncc1)C1(CCN(Cc3cccnc3)C1)CC2. The molecule has 2 N–H and O–H groups in total. The van der Waals surface area contributed by atoms with Crippen molar-refractivity contribution in [3.05, 3.63) is 86.7 Å². The van der Waals surface area contributed by atoms with Crippen molar-refractivity contribution in [2.45, 2.75) is 50.2 Å². The quantitative estimate of drug-likeness (QED) is 0.327. The van der Waals surface area contributed by atoms with E-state index in [1.807, 2.05) is 24.4 Å². The van der Waals surface area contributed by atoms with Crippen molar-refractivity contribution in [2.24, 2.45) is 0 Å². The average Bonchev–Trinajstić information content (AvgIpc) is 3.51. The van der Waals surface area contributed by atoms with Gasteiger partial charge in [-0.25, -0.2) is 14.3 Å². The van der Waals surface area contributed by atoms with Crippen LogP contribution in [0, 0.1) is 0 Å². The summed E-state index contributed by atoms with van der Waals surface area (Å²) in [7, 11) is 0. The predicted molar refractivity (Wildman–Crippen MR) is 134 cm³/mol. The summed E-state index contributed by atoms with van der Waals surface area (Å²) in [6, 6.07) is 7.69. The summed E-state index contributed by atoms with van der Waals surface area (Å²) in [4.78, 5) is 53.7. The van der Waals surface area contributed by atoms with Crippen molar-refractivity contribution < 1.29 is 46.1 Å². The van der Waals surface area contributed by atoms with E-state index in [4.69, 9.17) is 24.9 Å². The summed E-state index contributed by atoms with van der Waals surface area (Å²) in [5.74, 6) is -4.76. The lowest BCUT2D eigenvalue weighted by molar-refractivity contribution is -0.193. The topological polar surface area (TPSA) is 161 Å². The summed E-state index contributed by atoms with van der Waals surface area (Å²) < 4.78 is 66.4. The normalized spacial score (nSPS) is 17.8. The molecule has 18 heteroatoms. The number of pyridine rings is 2. The molecule has 43 heavy (non-hydrogen) atoms. The molecule has 0 aliphatic carbocycles. The highest BCUT2D eigenvalue weighted by molar-refractivity contribution is 5.73. The molecule has 0 aromatic carbocycles. The van der Waals surface area contributed by atoms with Gasteiger partial charge in [0.2, 0.25) is 0 Å². The third-order valence-electron chi connectivity index (χ3n) is 6.55. The van der Waals surface area contributed by atoms with Crippen LogP contribution in [0.3, 0.4) is 0 Å². The molecule has 1 fully saturated rings. The summed E-state index contributed by atoms with van der Waals surface area (Å²) in [5.41, 5.74) is 0.875. The fourth-order valence-electron chi connectivity index (χ4n) is 4.57. The summed E-state index contributed by atoms with van der Waals surface area (Å²) in [6.07, 6.45) is -1.36. The van der Waals surface area contributed by atoms with E-state index in [1.54, 1.807) is 23.2 Å². The molecule has 0 radical (unpaired) electrons. The molecule has 3 aromatic rings. The molecule has 1 spiro atoms. The van der Waals surface area contributed by atoms with Crippen LogP contribution in [-0.4, -0.2) is 76.8 Å². The lowest BCUT2D eigenvalue weighted by Gasteiger charge is -2.23. The lowest BCUT2D eigenvalue weighted by Crippen LogP contribution is -2.45. The van der Waals surface area contributed by atoms with E-state index >= 15 is 0 Å². The standard InChI is InChI=1S/C21H22N6O2.2C2HF3O2/c28-18-19(29)27(14-16-3-8-22-9-4-16)24-20-21(6-11-26(18)20)5-10-25(15-21)13-17-2-1-7-23-12-17;2*3-2(4,5)1(6)7/h1-4,7-9,12H,5-6,10-11,13-15H2;2*(H,6,7). The van der Waals surface area contributed by atoms with Gasteiger partial charge < -0.3 is 10.2 Å². The lowest BCUT2D eigenvalue weighted by atomic mass is 9.85. The van der Waals surface area contributed by atoms with Gasteiger partial charge in [-0.2, -0.15) is 31.4 Å². The zero-order chi connectivity index (χ0) is 32.0. The first-order chi connectivity index (χ1) is 20.0. The maximum Gasteiger partial charge on any atom is 0.490 e. The van der Waals surface area contributed by atoms with Crippen LogP contribution in [0.1, 0.15) is 29.8 Å². The van der Waals surface area contributed by atoms with E-state index in [1.165, 1.54) is 10.2 Å². The zero-order valence-corrected chi connectivity index (χ0v) is 22.0. The first-order valence-electron chi connectivity index (χ1n) is 12.4. The van der Waals surface area contributed by atoms with E-state index in [0.29, 0.717) is 6.54 Å². The molecule has 5 heterocycles. The van der Waals surface area contributed by atoms with Crippen molar-refractivity contribution in [1.29, 1.82) is 0 Å². The number of carboxylic acid groups (broad SMARTS) is 2. The van der Waals surface area contributed by atoms with Gasteiger partial charge in [-0.3, -0.25) is 29.0 Å². The fourth-order valence-corrected chi connectivity index (χ4v) is 4.57. The molecule has 1 unspecified atom stereocenters. The Hall–Kier alpha value is -4.61. The highest BCUT2D eigenvalue weighted by atomic mass is 19.4. The molecule has 3 aromatic heterocycles. The molecule has 1 atom stereocenters. The maximum absolute atomic E-state index is 12.7. The zero-order valence-electron chi connectivity index (χ0n) is 22.0. The highest BCUT2D eigenvalue weighted by Gasteiger charge is 2.47. The number of hydrogen-bond donors (Lipinski definition) is 2. The highest BCUT2D eigenvalue weighted by Crippen LogP contribution is 2.40. The van der Waals surface area contributed by atoms with Gasteiger partial charge in [0.25, 0.3) is 0 Å². The van der Waals surface area contributed by atoms with Gasteiger partial charge in [0.15, 0.2) is 0 Å². The second kappa shape index (κ2) is 13.1. The molecule has 12 nitrogen and oxygen atoms in total. The third kappa shape index (κ3) is 8.46. The summed E-state index contributed by atoms with van der Waals surface area (Å²) in [6.45, 7) is 3.44. The Balaban J connectivity index is 0.000000303. The van der Waals surface area contributed by atoms with E-state index in [2.05, 4.69) is 20.9 Å². The van der Waals surface area contributed by atoms with Crippen LogP contribution >= 0.6 is 0 Å². The molecule has 232 valence electrons. The number of aromatic nitrogens is 5. The number of fused-ring (bicyclic) bond motifs is 2. The van der Waals surface area contributed by atoms with Crippen LogP contribution in [-0.2, 0) is 34.6 Å². The van der Waals surface area contributed by atoms with Gasteiger partial charge in [-0.05, 0) is 48.7 Å². The third-order valence-corrected chi connectivity index (χ3v) is 6.55. The largest absolute Gasteiger partial charge is 0.490 e. The van der Waals surface area contributed by atoms with Crippen LogP contribution in [0.2, 0.25) is 0 Å². The van der Waals surface area contributed by atoms with E-state index < -0.39 is 35.4 Å². The van der Waals surface area contributed by atoms with Gasteiger partial charge in [0.05, 0.1) is 6.54 Å². The van der Waals surface area contributed by atoms with Gasteiger partial charge in [-0.1, -0.05) is 6.07 Å². The van der Waals surface area contributed by atoms with E-state index in [9.17, 15) is 35.9 Å². The Kier molecular flexibility index (Phi) is 10.1. The van der Waals surface area contributed by atoms with Crippen LogP contribution in [0.5, 0.6) is 0 Å². The number of alkyl halides is 6. The minimum atomic E-state index is -5.08. The molecule has 2 aliphatic rings. The van der Waals surface area contributed by atoms with Crippen molar-refractivity contribution in [3.8, 4) is 0 Å². The Morgan fingerprint density at radius 3 is 1.93 bits per heavy atom. The second-order valence-electron chi connectivity index (χ2n) is 9.56. The number of halogens is 6. The fraction of sp³-hybridized carbons (Fsp3) is 0.400. The first kappa shape index (κ1) is 32.9. The number of rotatable bonds is 4. The number of nitrogens with zero attached hydrogens (tertiary/aromatic N) is 6. The van der Waals surface area contributed by atoms with Gasteiger partial charge in [0, 0.05) is 49.8 Å². The molecule has 0 amide bonds. The minimum absolute atomic E-state index is 0.172. The van der Waals surface area contributed by atoms with Crippen LogP contribution in [0.15, 0.2) is 58.6 Å². The molecular weight excluding hydrogens is 594 g/mol. The molecular formula is C25H24F6N6O6. The molecule has 0 saturated carbocycles. The first-order valence-corrected chi connectivity index (χ1v) is 12.4. The maximum atomic E-state index is 12.7. The number of carbonyl (C=O) groups is 2. The Labute approximate surface area is 237 Å². The van der Waals surface area contributed by atoms with Crippen molar-refractivity contribution in [3.63, 3.8) is 0 Å². The predicted octanol–water partition coefficient (Wildman–Crippen LogP) is 2.06. The van der Waals surface area contributed by atoms with Crippen LogP contribution in [0.4, 0.5) is 26.3 Å². The van der Waals surface area contributed by atoms with Gasteiger partial charge in [-0.15, -0.1) is 0 Å². The number of carboxylic acids is 2. The Bertz CT molecular complexity index is 1520. The average molecular weight is 618 g/mol. The number of aliphatic carboxylic acids is 2. The second-order valence-corrected chi connectivity index (χ2v) is 9.56. The molecule has 0 bridgehead atoms. The molecule has 2 aliphatic heterocycles. The summed E-state index contributed by atoms with van der Waals surface area (Å²) >= 11 is 0. The monoisotopic (exact) mass is 618 g/mol. The van der Waals surface area contributed by atoms with E-state index in [0.717, 1.165) is 43.9 Å². The Morgan fingerprint density at radius 2 is 1.40 bits per heavy atom. The van der Waals surface area contributed by atoms with E-state index in [-0.39, 0.29) is 12.0 Å². The van der Waals surface area contributed by atoms with Crippen molar-refractivity contribution in [2.75, 3.05) is 13.1 Å². The number of likely N-dealkylation sites (tertiary alicyclic amines) is 1. The minimum Gasteiger partial charge on any atom is -0.475 e. The van der Waals surface area contributed by atoms with Crippen LogP contribution in [0.25, 0.3) is 0 Å². The van der Waals surface area contributed by atoms with Gasteiger partial charge in [0.1, 0.15) is 5.82 Å². The smallest absolute Gasteiger partial charge is 0.475 e.